The van der Waals surface area contributed by atoms with E-state index in [-0.39, 0.29) is 5.91 Å². The molecule has 1 amide bonds. The molecule has 0 saturated heterocycles. The van der Waals surface area contributed by atoms with Crippen LogP contribution in [0.25, 0.3) is 5.82 Å². The smallest absolute Gasteiger partial charge is 0.255 e. The van der Waals surface area contributed by atoms with Gasteiger partial charge in [-0.05, 0) is 0 Å². The second-order valence-corrected chi connectivity index (χ2v) is 3.46. The molecule has 3 rings (SSSR count). The summed E-state index contributed by atoms with van der Waals surface area (Å²) in [7, 11) is 1.84. The van der Waals surface area contributed by atoms with Crippen LogP contribution in [0.1, 0.15) is 16.1 Å². The van der Waals surface area contributed by atoms with Crippen molar-refractivity contribution in [3.05, 3.63) is 29.7 Å². The molecule has 2 aromatic rings. The summed E-state index contributed by atoms with van der Waals surface area (Å²) in [5.74, 6) is 0.659. The average Bonchev–Trinajstić information content (AvgIpc) is 2.84. The Hall–Kier alpha value is -2.11. The fourth-order valence-corrected chi connectivity index (χ4v) is 1.63. The van der Waals surface area contributed by atoms with Gasteiger partial charge in [0.2, 0.25) is 0 Å². The molecule has 1 aliphatic rings. The Labute approximate surface area is 85.5 Å². The third-order valence-corrected chi connectivity index (χ3v) is 2.39. The highest BCUT2D eigenvalue weighted by atomic mass is 16.2. The topological polar surface area (TPSA) is 64.7 Å². The van der Waals surface area contributed by atoms with Gasteiger partial charge in [-0.15, -0.1) is 0 Å². The number of aryl methyl sites for hydroxylation is 1. The fourth-order valence-electron chi connectivity index (χ4n) is 1.63. The molecule has 0 radical (unpaired) electrons. The molecule has 0 bridgehead atoms. The van der Waals surface area contributed by atoms with Crippen LogP contribution in [0.5, 0.6) is 0 Å². The van der Waals surface area contributed by atoms with Crippen molar-refractivity contribution < 1.29 is 4.79 Å². The number of nitrogens with one attached hydrogen (secondary N) is 1. The molecular weight excluding hydrogens is 194 g/mol. The highest BCUT2D eigenvalue weighted by molar-refractivity contribution is 5.97. The first-order chi connectivity index (χ1) is 7.24. The molecule has 0 saturated carbocycles. The summed E-state index contributed by atoms with van der Waals surface area (Å²) in [5, 5.41) is 11.2. The minimum Gasteiger partial charge on any atom is -0.346 e. The lowest BCUT2D eigenvalue weighted by molar-refractivity contribution is 0.0965. The first-order valence-electron chi connectivity index (χ1n) is 4.61. The predicted octanol–water partition coefficient (Wildman–Crippen LogP) is -0.151. The van der Waals surface area contributed by atoms with E-state index in [2.05, 4.69) is 15.5 Å². The standard InChI is InChI=1S/C9H9N5O/c1-13-3-2-8(12-13)14-5-6-7(11-14)4-10-9(6)15/h2-3,5H,4H2,1H3,(H,10,15). The average molecular weight is 203 g/mol. The van der Waals surface area contributed by atoms with Crippen LogP contribution in [-0.2, 0) is 13.6 Å². The van der Waals surface area contributed by atoms with E-state index in [9.17, 15) is 4.79 Å². The summed E-state index contributed by atoms with van der Waals surface area (Å²) >= 11 is 0. The fraction of sp³-hybridized carbons (Fsp3) is 0.222. The van der Waals surface area contributed by atoms with E-state index in [0.717, 1.165) is 11.5 Å². The molecule has 0 atom stereocenters. The molecule has 0 aliphatic carbocycles. The number of rotatable bonds is 1. The molecule has 0 aromatic carbocycles. The van der Waals surface area contributed by atoms with E-state index in [1.165, 1.54) is 0 Å². The normalized spacial score (nSPS) is 14.1. The number of amides is 1. The quantitative estimate of drug-likeness (QED) is 0.701. The predicted molar refractivity (Wildman–Crippen MR) is 51.5 cm³/mol. The maximum absolute atomic E-state index is 11.3. The summed E-state index contributed by atoms with van der Waals surface area (Å²) in [5.41, 5.74) is 1.42. The monoisotopic (exact) mass is 203 g/mol. The van der Waals surface area contributed by atoms with E-state index < -0.39 is 0 Å². The van der Waals surface area contributed by atoms with Crippen molar-refractivity contribution in [2.75, 3.05) is 0 Å². The zero-order chi connectivity index (χ0) is 10.4. The molecule has 1 N–H and O–H groups in total. The first kappa shape index (κ1) is 8.22. The number of carbonyl (C=O) groups is 1. The van der Waals surface area contributed by atoms with Gasteiger partial charge in [-0.25, -0.2) is 4.68 Å². The molecule has 6 nitrogen and oxygen atoms in total. The van der Waals surface area contributed by atoms with Gasteiger partial charge in [0.05, 0.1) is 17.8 Å². The summed E-state index contributed by atoms with van der Waals surface area (Å²) in [4.78, 5) is 11.3. The highest BCUT2D eigenvalue weighted by Crippen LogP contribution is 2.15. The molecule has 1 aliphatic heterocycles. The van der Waals surface area contributed by atoms with Crippen LogP contribution in [0, 0.1) is 0 Å². The largest absolute Gasteiger partial charge is 0.346 e. The maximum atomic E-state index is 11.3. The molecule has 15 heavy (non-hydrogen) atoms. The second kappa shape index (κ2) is 2.69. The molecule has 76 valence electrons. The van der Waals surface area contributed by atoms with Crippen LogP contribution < -0.4 is 5.32 Å². The summed E-state index contributed by atoms with van der Waals surface area (Å²) in [6.07, 6.45) is 3.54. The zero-order valence-electron chi connectivity index (χ0n) is 8.14. The van der Waals surface area contributed by atoms with Gasteiger partial charge in [-0.1, -0.05) is 0 Å². The number of nitrogens with zero attached hydrogens (tertiary/aromatic N) is 4. The Bertz CT molecular complexity index is 538. The van der Waals surface area contributed by atoms with Crippen LogP contribution in [0.2, 0.25) is 0 Å². The van der Waals surface area contributed by atoms with Gasteiger partial charge in [-0.3, -0.25) is 9.48 Å². The van der Waals surface area contributed by atoms with Crippen molar-refractivity contribution >= 4 is 5.91 Å². The third kappa shape index (κ3) is 1.14. The molecule has 6 heteroatoms. The second-order valence-electron chi connectivity index (χ2n) is 3.46. The number of carbonyl (C=O) groups excluding carboxylic acids is 1. The van der Waals surface area contributed by atoms with Gasteiger partial charge in [0.1, 0.15) is 0 Å². The Morgan fingerprint density at radius 1 is 1.47 bits per heavy atom. The Morgan fingerprint density at radius 2 is 2.33 bits per heavy atom. The van der Waals surface area contributed by atoms with Gasteiger partial charge in [0.15, 0.2) is 5.82 Å². The van der Waals surface area contributed by atoms with Crippen molar-refractivity contribution in [1.29, 1.82) is 0 Å². The van der Waals surface area contributed by atoms with E-state index >= 15 is 0 Å². The molecular formula is C9H9N5O. The maximum Gasteiger partial charge on any atom is 0.255 e. The number of aromatic nitrogens is 4. The summed E-state index contributed by atoms with van der Waals surface area (Å²) in [6.45, 7) is 0.508. The van der Waals surface area contributed by atoms with Crippen LogP contribution in [0.15, 0.2) is 18.5 Å². The van der Waals surface area contributed by atoms with E-state index in [0.29, 0.717) is 12.1 Å². The minimum atomic E-state index is -0.0628. The molecule has 2 aromatic heterocycles. The number of fused-ring (bicyclic) bond motifs is 1. The lowest BCUT2D eigenvalue weighted by atomic mass is 10.3. The third-order valence-electron chi connectivity index (χ3n) is 2.39. The Kier molecular flexibility index (Phi) is 1.47. The van der Waals surface area contributed by atoms with Crippen molar-refractivity contribution in [2.24, 2.45) is 7.05 Å². The zero-order valence-corrected chi connectivity index (χ0v) is 8.14. The highest BCUT2D eigenvalue weighted by Gasteiger charge is 2.23. The van der Waals surface area contributed by atoms with E-state index in [1.807, 2.05) is 19.3 Å². The first-order valence-corrected chi connectivity index (χ1v) is 4.61. The van der Waals surface area contributed by atoms with Crippen LogP contribution in [0.4, 0.5) is 0 Å². The van der Waals surface area contributed by atoms with Crippen LogP contribution in [-0.4, -0.2) is 25.5 Å². The van der Waals surface area contributed by atoms with Gasteiger partial charge < -0.3 is 5.32 Å². The number of hydrogen-bond acceptors (Lipinski definition) is 3. The number of hydrogen-bond donors (Lipinski definition) is 1. The van der Waals surface area contributed by atoms with E-state index in [1.54, 1.807) is 15.6 Å². The van der Waals surface area contributed by atoms with Crippen molar-refractivity contribution in [2.45, 2.75) is 6.54 Å². The van der Waals surface area contributed by atoms with Crippen molar-refractivity contribution in [3.63, 3.8) is 0 Å². The molecule has 0 spiro atoms. The Morgan fingerprint density at radius 3 is 3.00 bits per heavy atom. The van der Waals surface area contributed by atoms with Crippen molar-refractivity contribution in [3.8, 4) is 5.82 Å². The van der Waals surface area contributed by atoms with E-state index in [4.69, 9.17) is 0 Å². The van der Waals surface area contributed by atoms with Crippen LogP contribution >= 0.6 is 0 Å². The lowest BCUT2D eigenvalue weighted by Crippen LogP contribution is -2.14. The summed E-state index contributed by atoms with van der Waals surface area (Å²) < 4.78 is 3.33. The Balaban J connectivity index is 2.08. The van der Waals surface area contributed by atoms with Crippen LogP contribution in [0.3, 0.4) is 0 Å². The van der Waals surface area contributed by atoms with Gasteiger partial charge in [0.25, 0.3) is 5.91 Å². The molecule has 0 unspecified atom stereocenters. The summed E-state index contributed by atoms with van der Waals surface area (Å²) in [6, 6.07) is 1.85. The van der Waals surface area contributed by atoms with Crippen molar-refractivity contribution in [1.82, 2.24) is 24.9 Å². The van der Waals surface area contributed by atoms with Gasteiger partial charge in [0, 0.05) is 25.5 Å². The SMILES string of the molecule is Cn1ccc(-n2cc3c(n2)CNC3=O)n1. The lowest BCUT2D eigenvalue weighted by Gasteiger charge is -1.95. The molecule has 3 heterocycles. The molecule has 0 fully saturated rings. The minimum absolute atomic E-state index is 0.0628. The van der Waals surface area contributed by atoms with Gasteiger partial charge >= 0.3 is 0 Å². The van der Waals surface area contributed by atoms with Gasteiger partial charge in [-0.2, -0.15) is 10.2 Å².